The van der Waals surface area contributed by atoms with Crippen molar-refractivity contribution in [3.63, 3.8) is 0 Å². The predicted octanol–water partition coefficient (Wildman–Crippen LogP) is 4.13. The van der Waals surface area contributed by atoms with Crippen molar-refractivity contribution in [3.8, 4) is 0 Å². The van der Waals surface area contributed by atoms with E-state index < -0.39 is 0 Å². The van der Waals surface area contributed by atoms with E-state index in [2.05, 4.69) is 54.5 Å². The van der Waals surface area contributed by atoms with Gasteiger partial charge in [0.2, 0.25) is 0 Å². The summed E-state index contributed by atoms with van der Waals surface area (Å²) in [4.78, 5) is 2.59. The van der Waals surface area contributed by atoms with E-state index in [4.69, 9.17) is 0 Å². The first-order chi connectivity index (χ1) is 9.16. The quantitative estimate of drug-likeness (QED) is 0.801. The van der Waals surface area contributed by atoms with Gasteiger partial charge in [-0.3, -0.25) is 4.90 Å². The Morgan fingerprint density at radius 3 is 2.58 bits per heavy atom. The highest BCUT2D eigenvalue weighted by Gasteiger charge is 2.17. The molecule has 1 saturated heterocycles. The molecule has 2 aromatic rings. The van der Waals surface area contributed by atoms with Crippen molar-refractivity contribution in [1.29, 1.82) is 0 Å². The van der Waals surface area contributed by atoms with E-state index in [-0.39, 0.29) is 0 Å². The van der Waals surface area contributed by atoms with E-state index in [1.165, 1.54) is 48.1 Å². The summed E-state index contributed by atoms with van der Waals surface area (Å²) in [5, 5.41) is 1.42. The Balaban J connectivity index is 2.06. The van der Waals surface area contributed by atoms with Crippen LogP contribution < -0.4 is 0 Å². The van der Waals surface area contributed by atoms with Crippen molar-refractivity contribution in [2.24, 2.45) is 0 Å². The highest BCUT2D eigenvalue weighted by molar-refractivity contribution is 5.84. The van der Waals surface area contributed by atoms with Gasteiger partial charge in [0.25, 0.3) is 0 Å². The molecule has 1 fully saturated rings. The molecule has 2 nitrogen and oxygen atoms in total. The molecule has 2 heterocycles. The van der Waals surface area contributed by atoms with Gasteiger partial charge in [-0.15, -0.1) is 0 Å². The molecule has 19 heavy (non-hydrogen) atoms. The maximum atomic E-state index is 2.59. The van der Waals surface area contributed by atoms with Crippen LogP contribution in [0, 0.1) is 6.92 Å². The third-order valence-corrected chi connectivity index (χ3v) is 4.28. The Bertz CT molecular complexity index is 574. The topological polar surface area (TPSA) is 8.17 Å². The number of likely N-dealkylation sites (tertiary alicyclic amines) is 1. The Hall–Kier alpha value is -1.28. The van der Waals surface area contributed by atoms with Crippen LogP contribution in [0.2, 0.25) is 0 Å². The number of fused-ring (bicyclic) bond motifs is 1. The Labute approximate surface area is 116 Å². The molecular formula is C17H24N2. The van der Waals surface area contributed by atoms with Crippen molar-refractivity contribution in [2.75, 3.05) is 13.1 Å². The number of aryl methyl sites for hydroxylation is 1. The summed E-state index contributed by atoms with van der Waals surface area (Å²) in [6.45, 7) is 10.4. The normalized spacial score (nSPS) is 16.8. The first kappa shape index (κ1) is 12.7. The van der Waals surface area contributed by atoms with Crippen molar-refractivity contribution < 1.29 is 0 Å². The van der Waals surface area contributed by atoms with Gasteiger partial charge in [0.05, 0.1) is 0 Å². The lowest BCUT2D eigenvalue weighted by Crippen LogP contribution is -2.21. The van der Waals surface area contributed by atoms with Gasteiger partial charge in [-0.05, 0) is 64.4 Å². The SMILES string of the molecule is Cc1cccc2c1cc(CN1CCCC1)n2C(C)C. The average Bonchev–Trinajstić information content (AvgIpc) is 2.97. The van der Waals surface area contributed by atoms with Gasteiger partial charge in [-0.25, -0.2) is 0 Å². The predicted molar refractivity (Wildman–Crippen MR) is 81.6 cm³/mol. The van der Waals surface area contributed by atoms with Crippen LogP contribution in [-0.2, 0) is 6.54 Å². The molecule has 1 aromatic heterocycles. The zero-order valence-corrected chi connectivity index (χ0v) is 12.3. The van der Waals surface area contributed by atoms with Gasteiger partial charge in [0.15, 0.2) is 0 Å². The molecule has 1 aliphatic heterocycles. The van der Waals surface area contributed by atoms with E-state index in [9.17, 15) is 0 Å². The smallest absolute Gasteiger partial charge is 0.0488 e. The van der Waals surface area contributed by atoms with Gasteiger partial charge in [-0.2, -0.15) is 0 Å². The summed E-state index contributed by atoms with van der Waals surface area (Å²) in [5.74, 6) is 0. The molecule has 0 bridgehead atoms. The zero-order valence-electron chi connectivity index (χ0n) is 12.3. The van der Waals surface area contributed by atoms with Gasteiger partial charge in [0.1, 0.15) is 0 Å². The molecule has 0 aliphatic carbocycles. The maximum absolute atomic E-state index is 2.59. The summed E-state index contributed by atoms with van der Waals surface area (Å²) in [6, 6.07) is 9.58. The molecule has 102 valence electrons. The van der Waals surface area contributed by atoms with Gasteiger partial charge in [-0.1, -0.05) is 12.1 Å². The number of aromatic nitrogens is 1. The molecule has 0 amide bonds. The number of hydrogen-bond acceptors (Lipinski definition) is 1. The Morgan fingerprint density at radius 2 is 1.89 bits per heavy atom. The summed E-state index contributed by atoms with van der Waals surface area (Å²) in [7, 11) is 0. The molecule has 0 saturated carbocycles. The zero-order chi connectivity index (χ0) is 13.4. The minimum atomic E-state index is 0.525. The minimum absolute atomic E-state index is 0.525. The van der Waals surface area contributed by atoms with Crippen LogP contribution in [0.3, 0.4) is 0 Å². The fourth-order valence-corrected chi connectivity index (χ4v) is 3.36. The minimum Gasteiger partial charge on any atom is -0.341 e. The van der Waals surface area contributed by atoms with Gasteiger partial charge < -0.3 is 4.57 Å². The largest absolute Gasteiger partial charge is 0.341 e. The standard InChI is InChI=1S/C17H24N2/c1-13(2)19-15(12-18-9-4-5-10-18)11-16-14(3)7-6-8-17(16)19/h6-8,11,13H,4-5,9-10,12H2,1-3H3. The molecule has 0 spiro atoms. The lowest BCUT2D eigenvalue weighted by atomic mass is 10.1. The molecule has 0 radical (unpaired) electrons. The monoisotopic (exact) mass is 256 g/mol. The number of benzene rings is 1. The van der Waals surface area contributed by atoms with Crippen LogP contribution in [0.25, 0.3) is 10.9 Å². The van der Waals surface area contributed by atoms with Crippen LogP contribution in [0.4, 0.5) is 0 Å². The highest BCUT2D eigenvalue weighted by atomic mass is 15.2. The van der Waals surface area contributed by atoms with Gasteiger partial charge >= 0.3 is 0 Å². The molecule has 3 rings (SSSR count). The maximum Gasteiger partial charge on any atom is 0.0488 e. The van der Waals surface area contributed by atoms with Gasteiger partial charge in [0, 0.05) is 29.2 Å². The van der Waals surface area contributed by atoms with E-state index in [1.807, 2.05) is 0 Å². The average molecular weight is 256 g/mol. The molecule has 2 heteroatoms. The number of hydrogen-bond donors (Lipinski definition) is 0. The van der Waals surface area contributed by atoms with E-state index in [1.54, 1.807) is 0 Å². The fraction of sp³-hybridized carbons (Fsp3) is 0.529. The summed E-state index contributed by atoms with van der Waals surface area (Å²) in [6.07, 6.45) is 2.72. The van der Waals surface area contributed by atoms with Crippen molar-refractivity contribution >= 4 is 10.9 Å². The first-order valence-corrected chi connectivity index (χ1v) is 7.48. The van der Waals surface area contributed by atoms with Crippen LogP contribution in [-0.4, -0.2) is 22.6 Å². The highest BCUT2D eigenvalue weighted by Crippen LogP contribution is 2.28. The molecule has 0 atom stereocenters. The third kappa shape index (κ3) is 2.30. The van der Waals surface area contributed by atoms with E-state index in [0.29, 0.717) is 6.04 Å². The van der Waals surface area contributed by atoms with Crippen molar-refractivity contribution in [1.82, 2.24) is 9.47 Å². The summed E-state index contributed by atoms with van der Waals surface area (Å²) >= 11 is 0. The second-order valence-corrected chi connectivity index (χ2v) is 6.09. The Kier molecular flexibility index (Phi) is 3.36. The van der Waals surface area contributed by atoms with Crippen LogP contribution in [0.5, 0.6) is 0 Å². The molecule has 0 N–H and O–H groups in total. The lowest BCUT2D eigenvalue weighted by Gasteiger charge is -2.19. The lowest BCUT2D eigenvalue weighted by molar-refractivity contribution is 0.319. The van der Waals surface area contributed by atoms with Crippen LogP contribution >= 0.6 is 0 Å². The third-order valence-electron chi connectivity index (χ3n) is 4.28. The molecular weight excluding hydrogens is 232 g/mol. The second-order valence-electron chi connectivity index (χ2n) is 6.09. The Morgan fingerprint density at radius 1 is 1.16 bits per heavy atom. The van der Waals surface area contributed by atoms with Crippen LogP contribution in [0.15, 0.2) is 24.3 Å². The number of rotatable bonds is 3. The van der Waals surface area contributed by atoms with E-state index >= 15 is 0 Å². The molecule has 0 unspecified atom stereocenters. The molecule has 1 aliphatic rings. The van der Waals surface area contributed by atoms with Crippen molar-refractivity contribution in [3.05, 3.63) is 35.5 Å². The molecule has 1 aromatic carbocycles. The number of nitrogens with zero attached hydrogens (tertiary/aromatic N) is 2. The summed E-state index contributed by atoms with van der Waals surface area (Å²) in [5.41, 5.74) is 4.25. The van der Waals surface area contributed by atoms with Crippen molar-refractivity contribution in [2.45, 2.75) is 46.2 Å². The first-order valence-electron chi connectivity index (χ1n) is 7.48. The fourth-order valence-electron chi connectivity index (χ4n) is 3.36. The second kappa shape index (κ2) is 5.01. The summed E-state index contributed by atoms with van der Waals surface area (Å²) < 4.78 is 2.51. The van der Waals surface area contributed by atoms with E-state index in [0.717, 1.165) is 6.54 Å². The van der Waals surface area contributed by atoms with Crippen LogP contribution in [0.1, 0.15) is 44.0 Å².